The molecule has 0 amide bonds. The normalized spacial score (nSPS) is 10.2. The van der Waals surface area contributed by atoms with E-state index in [0.29, 0.717) is 10.1 Å². The van der Waals surface area contributed by atoms with Gasteiger partial charge in [0.1, 0.15) is 21.6 Å². The molecule has 0 aliphatic rings. The number of pyridine rings is 2. The van der Waals surface area contributed by atoms with Crippen molar-refractivity contribution >= 4 is 21.6 Å². The quantitative estimate of drug-likeness (QED) is 0.819. The Hall–Kier alpha value is -1.40. The third-order valence-electron chi connectivity index (χ3n) is 1.70. The average Bonchev–Trinajstić information content (AvgIpc) is 2.30. The van der Waals surface area contributed by atoms with E-state index in [1.54, 1.807) is 36.7 Å². The second kappa shape index (κ2) is 5.09. The van der Waals surface area contributed by atoms with Crippen LogP contribution in [0.4, 0.5) is 0 Å². The van der Waals surface area contributed by atoms with Crippen LogP contribution in [0.25, 0.3) is 0 Å². The van der Waals surface area contributed by atoms with Gasteiger partial charge < -0.3 is 10.2 Å². The predicted octanol–water partition coefficient (Wildman–Crippen LogP) is 2.69. The van der Waals surface area contributed by atoms with E-state index in [-0.39, 0.29) is 11.5 Å². The molecule has 0 saturated carbocycles. The maximum absolute atomic E-state index is 9.48. The number of nitrogens with zero attached hydrogens (tertiary/aromatic N) is 2. The molecule has 0 aromatic carbocycles. The van der Waals surface area contributed by atoms with Crippen LogP contribution >= 0.6 is 21.6 Å². The van der Waals surface area contributed by atoms with Gasteiger partial charge in [-0.2, -0.15) is 0 Å². The third kappa shape index (κ3) is 2.59. The molecule has 2 N–H and O–H groups in total. The van der Waals surface area contributed by atoms with Crippen molar-refractivity contribution in [3.05, 3.63) is 36.7 Å². The van der Waals surface area contributed by atoms with Crippen molar-refractivity contribution < 1.29 is 10.2 Å². The second-order valence-corrected chi connectivity index (χ2v) is 4.93. The third-order valence-corrected chi connectivity index (χ3v) is 3.93. The van der Waals surface area contributed by atoms with Gasteiger partial charge in [-0.05, 0) is 45.9 Å². The Labute approximate surface area is 100 Å². The topological polar surface area (TPSA) is 66.2 Å². The van der Waals surface area contributed by atoms with E-state index < -0.39 is 0 Å². The Bertz CT molecular complexity index is 448. The van der Waals surface area contributed by atoms with Crippen LogP contribution < -0.4 is 0 Å². The van der Waals surface area contributed by atoms with Gasteiger partial charge in [0.15, 0.2) is 0 Å². The minimum Gasteiger partial charge on any atom is -0.505 e. The van der Waals surface area contributed by atoms with E-state index in [2.05, 4.69) is 9.97 Å². The van der Waals surface area contributed by atoms with Crippen molar-refractivity contribution in [3.8, 4) is 11.5 Å². The molecule has 2 aromatic heterocycles. The van der Waals surface area contributed by atoms with Crippen molar-refractivity contribution in [2.75, 3.05) is 0 Å². The van der Waals surface area contributed by atoms with Crippen molar-refractivity contribution in [3.63, 3.8) is 0 Å². The maximum atomic E-state index is 9.48. The molecule has 2 rings (SSSR count). The molecule has 2 aromatic rings. The number of hydrogen-bond acceptors (Lipinski definition) is 6. The molecule has 0 unspecified atom stereocenters. The molecule has 0 radical (unpaired) electrons. The van der Waals surface area contributed by atoms with Crippen LogP contribution in [0.2, 0.25) is 0 Å². The van der Waals surface area contributed by atoms with Crippen LogP contribution in [0.5, 0.6) is 11.5 Å². The monoisotopic (exact) mass is 252 g/mol. The molecule has 2 heterocycles. The van der Waals surface area contributed by atoms with Crippen molar-refractivity contribution in [2.45, 2.75) is 10.1 Å². The Balaban J connectivity index is 2.09. The first kappa shape index (κ1) is 11.1. The van der Waals surface area contributed by atoms with E-state index in [1.807, 2.05) is 0 Å². The standard InChI is InChI=1S/C10H8N2O2S2/c13-7-3-1-5-11-9(7)15-16-10-8(14)4-2-6-12-10/h1-6,13-14H. The SMILES string of the molecule is Oc1cccnc1SSc1ncccc1O. The van der Waals surface area contributed by atoms with Crippen LogP contribution in [0.3, 0.4) is 0 Å². The van der Waals surface area contributed by atoms with E-state index in [4.69, 9.17) is 0 Å². The lowest BCUT2D eigenvalue weighted by Crippen LogP contribution is -1.79. The predicted molar refractivity (Wildman–Crippen MR) is 63.5 cm³/mol. The second-order valence-electron chi connectivity index (χ2n) is 2.82. The van der Waals surface area contributed by atoms with Gasteiger partial charge in [0.25, 0.3) is 0 Å². The number of hydrogen-bond donors (Lipinski definition) is 2. The molecule has 82 valence electrons. The maximum Gasteiger partial charge on any atom is 0.149 e. The minimum absolute atomic E-state index is 0.121. The van der Waals surface area contributed by atoms with E-state index >= 15 is 0 Å². The summed E-state index contributed by atoms with van der Waals surface area (Å²) in [5.41, 5.74) is 0. The minimum atomic E-state index is 0.121. The van der Waals surface area contributed by atoms with E-state index in [1.165, 1.54) is 21.6 Å². The van der Waals surface area contributed by atoms with Gasteiger partial charge in [-0.25, -0.2) is 9.97 Å². The summed E-state index contributed by atoms with van der Waals surface area (Å²) in [6, 6.07) is 6.44. The van der Waals surface area contributed by atoms with Crippen LogP contribution in [-0.2, 0) is 0 Å². The molecule has 0 saturated heterocycles. The Morgan fingerprint density at radius 3 is 1.62 bits per heavy atom. The van der Waals surface area contributed by atoms with Crippen LogP contribution in [0.1, 0.15) is 0 Å². The summed E-state index contributed by atoms with van der Waals surface area (Å²) in [7, 11) is 2.49. The fraction of sp³-hybridized carbons (Fsp3) is 0. The number of aromatic hydroxyl groups is 2. The molecule has 16 heavy (non-hydrogen) atoms. The summed E-state index contributed by atoms with van der Waals surface area (Å²) in [4.78, 5) is 8.01. The lowest BCUT2D eigenvalue weighted by Gasteiger charge is -2.02. The molecular formula is C10H8N2O2S2. The lowest BCUT2D eigenvalue weighted by atomic mass is 10.5. The zero-order chi connectivity index (χ0) is 11.4. The Kier molecular flexibility index (Phi) is 3.53. The highest BCUT2D eigenvalue weighted by molar-refractivity contribution is 8.76. The van der Waals surface area contributed by atoms with Gasteiger partial charge in [-0.3, -0.25) is 0 Å². The molecule has 0 spiro atoms. The molecule has 0 aliphatic heterocycles. The first-order chi connectivity index (χ1) is 7.77. The van der Waals surface area contributed by atoms with Gasteiger partial charge in [0.05, 0.1) is 0 Å². The molecule has 4 nitrogen and oxygen atoms in total. The van der Waals surface area contributed by atoms with Gasteiger partial charge in [-0.1, -0.05) is 0 Å². The molecular weight excluding hydrogens is 244 g/mol. The number of aromatic nitrogens is 2. The highest BCUT2D eigenvalue weighted by atomic mass is 33.1. The zero-order valence-electron chi connectivity index (χ0n) is 8.07. The first-order valence-corrected chi connectivity index (χ1v) is 6.55. The van der Waals surface area contributed by atoms with Crippen LogP contribution in [0, 0.1) is 0 Å². The first-order valence-electron chi connectivity index (χ1n) is 4.40. The highest BCUT2D eigenvalue weighted by Crippen LogP contribution is 2.41. The lowest BCUT2D eigenvalue weighted by molar-refractivity contribution is 0.456. The number of rotatable bonds is 3. The van der Waals surface area contributed by atoms with E-state index in [9.17, 15) is 10.2 Å². The van der Waals surface area contributed by atoms with Gasteiger partial charge >= 0.3 is 0 Å². The molecule has 0 fully saturated rings. The largest absolute Gasteiger partial charge is 0.505 e. The molecule has 0 bridgehead atoms. The highest BCUT2D eigenvalue weighted by Gasteiger charge is 2.07. The van der Waals surface area contributed by atoms with Crippen LogP contribution in [-0.4, -0.2) is 20.2 Å². The van der Waals surface area contributed by atoms with Crippen LogP contribution in [0.15, 0.2) is 46.7 Å². The fourth-order valence-corrected chi connectivity index (χ4v) is 2.89. The van der Waals surface area contributed by atoms with E-state index in [0.717, 1.165) is 0 Å². The summed E-state index contributed by atoms with van der Waals surface area (Å²) in [5.74, 6) is 0.242. The Morgan fingerprint density at radius 1 is 0.812 bits per heavy atom. The van der Waals surface area contributed by atoms with Crippen molar-refractivity contribution in [1.82, 2.24) is 9.97 Å². The summed E-state index contributed by atoms with van der Waals surface area (Å²) in [5, 5.41) is 20.0. The molecule has 0 aliphatic carbocycles. The summed E-state index contributed by atoms with van der Waals surface area (Å²) < 4.78 is 0. The van der Waals surface area contributed by atoms with Crippen molar-refractivity contribution in [1.29, 1.82) is 0 Å². The zero-order valence-corrected chi connectivity index (χ0v) is 9.70. The molecule has 0 atom stereocenters. The van der Waals surface area contributed by atoms with Gasteiger partial charge in [-0.15, -0.1) is 0 Å². The molecule has 6 heteroatoms. The Morgan fingerprint density at radius 2 is 1.25 bits per heavy atom. The van der Waals surface area contributed by atoms with Gasteiger partial charge in [0, 0.05) is 12.4 Å². The van der Waals surface area contributed by atoms with Crippen molar-refractivity contribution in [2.24, 2.45) is 0 Å². The summed E-state index contributed by atoms with van der Waals surface area (Å²) in [6.45, 7) is 0. The summed E-state index contributed by atoms with van der Waals surface area (Å²) in [6.07, 6.45) is 3.20. The fourth-order valence-electron chi connectivity index (χ4n) is 0.972. The average molecular weight is 252 g/mol. The van der Waals surface area contributed by atoms with Gasteiger partial charge in [0.2, 0.25) is 0 Å². The summed E-state index contributed by atoms with van der Waals surface area (Å²) >= 11 is 0. The smallest absolute Gasteiger partial charge is 0.149 e.